The number of esters is 6. The molecular formula is C56H102N2O14+2. The average Bonchev–Trinajstić information content (AvgIpc) is 3.30. The van der Waals surface area contributed by atoms with E-state index in [2.05, 4.69) is 26.0 Å². The summed E-state index contributed by atoms with van der Waals surface area (Å²) in [6, 6.07) is 0. The first-order valence-electron chi connectivity index (χ1n) is 27.6. The Labute approximate surface area is 435 Å². The van der Waals surface area contributed by atoms with Crippen LogP contribution in [0.5, 0.6) is 0 Å². The van der Waals surface area contributed by atoms with Crippen molar-refractivity contribution in [3.63, 3.8) is 0 Å². The fourth-order valence-electron chi connectivity index (χ4n) is 7.83. The molecule has 0 bridgehead atoms. The van der Waals surface area contributed by atoms with Crippen LogP contribution < -0.4 is 0 Å². The number of nitrogens with zero attached hydrogens (tertiary/aromatic N) is 2. The molecule has 2 N–H and O–H groups in total. The SMILES string of the molecule is CCCCCC(OC(=O)C[N+](C)(C)CCOC(C)=O)C(O)C/C=C\CCCCCCCC(=O)OCCOC(=O)CCCCCCC/C=C\CC(O)C(CCCCC)OC(=O)C[N+](C)(C)CCOC(=O)CCC. The van der Waals surface area contributed by atoms with Crippen LogP contribution in [0.2, 0.25) is 0 Å². The molecule has 0 saturated heterocycles. The number of hydrogen-bond acceptors (Lipinski definition) is 14. The third kappa shape index (κ3) is 41.6. The molecule has 0 heterocycles. The molecule has 4 atom stereocenters. The van der Waals surface area contributed by atoms with Crippen LogP contribution in [0.3, 0.4) is 0 Å². The predicted octanol–water partition coefficient (Wildman–Crippen LogP) is 9.19. The number of hydrogen-bond donors (Lipinski definition) is 2. The highest BCUT2D eigenvalue weighted by atomic mass is 16.6. The zero-order chi connectivity index (χ0) is 53.9. The molecule has 0 aromatic rings. The zero-order valence-corrected chi connectivity index (χ0v) is 46.3. The number of carbonyl (C=O) groups is 6. The molecule has 0 saturated carbocycles. The molecule has 0 aliphatic rings. The van der Waals surface area contributed by atoms with Crippen LogP contribution in [0, 0.1) is 0 Å². The lowest BCUT2D eigenvalue weighted by Crippen LogP contribution is -2.48. The van der Waals surface area contributed by atoms with Crippen LogP contribution in [0.15, 0.2) is 24.3 Å². The van der Waals surface area contributed by atoms with Gasteiger partial charge in [-0.25, -0.2) is 9.59 Å². The number of quaternary nitrogens is 2. The highest BCUT2D eigenvalue weighted by molar-refractivity contribution is 5.72. The summed E-state index contributed by atoms with van der Waals surface area (Å²) in [6.07, 6.45) is 26.0. The number of carbonyl (C=O) groups excluding carboxylic acids is 6. The van der Waals surface area contributed by atoms with Gasteiger partial charge in [-0.1, -0.05) is 109 Å². The summed E-state index contributed by atoms with van der Waals surface area (Å²) in [5.74, 6) is -1.92. The molecule has 72 heavy (non-hydrogen) atoms. The third-order valence-corrected chi connectivity index (χ3v) is 12.3. The van der Waals surface area contributed by atoms with E-state index < -0.39 is 24.4 Å². The second kappa shape index (κ2) is 43.5. The number of likely N-dealkylation sites (N-methyl/N-ethyl adjacent to an activating group) is 2. The molecule has 16 nitrogen and oxygen atoms in total. The Morgan fingerprint density at radius 2 is 0.806 bits per heavy atom. The first-order valence-corrected chi connectivity index (χ1v) is 27.6. The van der Waals surface area contributed by atoms with Crippen LogP contribution in [-0.4, -0.2) is 160 Å². The number of unbranched alkanes of at least 4 members (excludes halogenated alkanes) is 14. The minimum absolute atomic E-state index is 0.0529. The van der Waals surface area contributed by atoms with Gasteiger partial charge in [0.05, 0.1) is 40.4 Å². The van der Waals surface area contributed by atoms with E-state index in [1.807, 2.05) is 47.3 Å². The van der Waals surface area contributed by atoms with Gasteiger partial charge in [-0.2, -0.15) is 0 Å². The summed E-state index contributed by atoms with van der Waals surface area (Å²) in [5.41, 5.74) is 0. The van der Waals surface area contributed by atoms with Crippen LogP contribution >= 0.6 is 0 Å². The lowest BCUT2D eigenvalue weighted by atomic mass is 10.0. The molecule has 0 radical (unpaired) electrons. The standard InChI is InChI=1S/C56H102N2O14/c1-9-12-26-35-50(71-55(65)45-57(5,6)39-41-67-47(4)59)48(60)33-28-22-18-14-16-20-24-30-37-53(63)69-43-44-70-54(64)38-31-25-21-17-15-19-23-29-34-49(61)51(36-27-13-10-2)72-56(66)46-58(7,8)40-42-68-52(62)32-11-3/h22-23,28-29,48-51,60-61H,9-21,24-27,30-46H2,1-8H3/q+2/b28-22-,29-23-. The second-order valence-electron chi connectivity index (χ2n) is 20.6. The monoisotopic (exact) mass is 1030 g/mol. The van der Waals surface area contributed by atoms with E-state index in [0.29, 0.717) is 67.0 Å². The maximum atomic E-state index is 12.9. The molecule has 0 rings (SSSR count). The molecule has 0 aliphatic heterocycles. The number of rotatable bonds is 47. The van der Waals surface area contributed by atoms with Crippen molar-refractivity contribution in [3.05, 3.63) is 24.3 Å². The van der Waals surface area contributed by atoms with Crippen molar-refractivity contribution >= 4 is 35.8 Å². The highest BCUT2D eigenvalue weighted by Crippen LogP contribution is 2.18. The maximum Gasteiger partial charge on any atom is 0.362 e. The van der Waals surface area contributed by atoms with Gasteiger partial charge in [0.25, 0.3) is 0 Å². The molecule has 4 unspecified atom stereocenters. The van der Waals surface area contributed by atoms with E-state index >= 15 is 0 Å². The highest BCUT2D eigenvalue weighted by Gasteiger charge is 2.29. The van der Waals surface area contributed by atoms with Crippen LogP contribution in [-0.2, 0) is 57.2 Å². The maximum absolute atomic E-state index is 12.9. The van der Waals surface area contributed by atoms with Crippen LogP contribution in [0.1, 0.15) is 195 Å². The molecule has 0 aromatic heterocycles. The predicted molar refractivity (Wildman–Crippen MR) is 280 cm³/mol. The van der Waals surface area contributed by atoms with Gasteiger partial charge in [-0.15, -0.1) is 0 Å². The van der Waals surface area contributed by atoms with Crippen LogP contribution in [0.25, 0.3) is 0 Å². The minimum atomic E-state index is -0.789. The second-order valence-corrected chi connectivity index (χ2v) is 20.6. The molecule has 0 aromatic carbocycles. The van der Waals surface area contributed by atoms with E-state index in [4.69, 9.17) is 28.4 Å². The summed E-state index contributed by atoms with van der Waals surface area (Å²) in [6.45, 7) is 9.25. The zero-order valence-electron chi connectivity index (χ0n) is 46.3. The Hall–Kier alpha value is -3.86. The van der Waals surface area contributed by atoms with E-state index in [-0.39, 0.29) is 75.3 Å². The quantitative estimate of drug-likeness (QED) is 0.0192. The molecule has 418 valence electrons. The summed E-state index contributed by atoms with van der Waals surface area (Å²) in [5, 5.41) is 21.8. The molecule has 0 amide bonds. The van der Waals surface area contributed by atoms with Gasteiger partial charge in [0.1, 0.15) is 51.7 Å². The first-order chi connectivity index (χ1) is 34.3. The molecular weight excluding hydrogens is 925 g/mol. The van der Waals surface area contributed by atoms with Crippen molar-refractivity contribution in [1.82, 2.24) is 0 Å². The van der Waals surface area contributed by atoms with Crippen LogP contribution in [0.4, 0.5) is 0 Å². The van der Waals surface area contributed by atoms with E-state index in [1.54, 1.807) is 0 Å². The topological polar surface area (TPSA) is 198 Å². The Bertz CT molecular complexity index is 1520. The molecule has 0 fully saturated rings. The van der Waals surface area contributed by atoms with Gasteiger partial charge >= 0.3 is 35.8 Å². The van der Waals surface area contributed by atoms with Crippen molar-refractivity contribution in [3.8, 4) is 0 Å². The number of allylic oxidation sites excluding steroid dienone is 2. The Morgan fingerprint density at radius 3 is 1.21 bits per heavy atom. The van der Waals surface area contributed by atoms with Crippen molar-refractivity contribution in [2.24, 2.45) is 0 Å². The van der Waals surface area contributed by atoms with Crippen molar-refractivity contribution in [2.45, 2.75) is 219 Å². The summed E-state index contributed by atoms with van der Waals surface area (Å²) in [4.78, 5) is 72.7. The van der Waals surface area contributed by atoms with Gasteiger partial charge in [0, 0.05) is 26.2 Å². The van der Waals surface area contributed by atoms with Crippen molar-refractivity contribution in [2.75, 3.05) is 80.8 Å². The molecule has 0 aliphatic carbocycles. The summed E-state index contributed by atoms with van der Waals surface area (Å²) < 4.78 is 33.0. The number of aliphatic hydroxyl groups is 2. The lowest BCUT2D eigenvalue weighted by molar-refractivity contribution is -0.883. The van der Waals surface area contributed by atoms with E-state index in [1.165, 1.54) is 6.92 Å². The fraction of sp³-hybridized carbons (Fsp3) is 0.821. The lowest BCUT2D eigenvalue weighted by Gasteiger charge is -2.30. The Kier molecular flexibility index (Phi) is 41.2. The third-order valence-electron chi connectivity index (χ3n) is 12.3. The summed E-state index contributed by atoms with van der Waals surface area (Å²) in [7, 11) is 7.53. The van der Waals surface area contributed by atoms with Gasteiger partial charge in [0.15, 0.2) is 13.1 Å². The summed E-state index contributed by atoms with van der Waals surface area (Å²) >= 11 is 0. The fourth-order valence-corrected chi connectivity index (χ4v) is 7.83. The molecule has 0 spiro atoms. The average molecular weight is 1030 g/mol. The van der Waals surface area contributed by atoms with E-state index in [0.717, 1.165) is 122 Å². The largest absolute Gasteiger partial charge is 0.462 e. The van der Waals surface area contributed by atoms with Gasteiger partial charge in [-0.05, 0) is 83.5 Å². The Balaban J connectivity index is 4.15. The van der Waals surface area contributed by atoms with Gasteiger partial charge in [-0.3, -0.25) is 19.2 Å². The smallest absolute Gasteiger partial charge is 0.362 e. The van der Waals surface area contributed by atoms with Crippen molar-refractivity contribution in [1.29, 1.82) is 0 Å². The number of aliphatic hydroxyl groups excluding tert-OH is 2. The van der Waals surface area contributed by atoms with Crippen molar-refractivity contribution < 1.29 is 76.4 Å². The molecule has 16 heteroatoms. The minimum Gasteiger partial charge on any atom is -0.462 e. The van der Waals surface area contributed by atoms with Gasteiger partial charge < -0.3 is 47.6 Å². The van der Waals surface area contributed by atoms with E-state index in [9.17, 15) is 39.0 Å². The van der Waals surface area contributed by atoms with Gasteiger partial charge in [0.2, 0.25) is 0 Å². The normalized spacial score (nSPS) is 13.6. The Morgan fingerprint density at radius 1 is 0.431 bits per heavy atom. The number of ether oxygens (including phenoxy) is 6. The first kappa shape index (κ1) is 68.1.